The van der Waals surface area contributed by atoms with Crippen molar-refractivity contribution in [2.24, 2.45) is 0 Å². The lowest BCUT2D eigenvalue weighted by Crippen LogP contribution is -2.24. The molecule has 0 spiro atoms. The first kappa shape index (κ1) is 13.3. The Bertz CT molecular complexity index is 740. The number of hydrogen-bond acceptors (Lipinski definition) is 4. The zero-order valence-electron chi connectivity index (χ0n) is 11.9. The molecule has 21 heavy (non-hydrogen) atoms. The van der Waals surface area contributed by atoms with E-state index in [1.54, 1.807) is 24.5 Å². The van der Waals surface area contributed by atoms with Gasteiger partial charge in [-0.2, -0.15) is 0 Å². The summed E-state index contributed by atoms with van der Waals surface area (Å²) in [5.74, 6) is -0.500. The molecular weight excluding hydrogens is 266 g/mol. The predicted octanol–water partition coefficient (Wildman–Crippen LogP) is 2.23. The Hall–Kier alpha value is -2.69. The zero-order valence-corrected chi connectivity index (χ0v) is 11.9. The van der Waals surface area contributed by atoms with Gasteiger partial charge in [0.2, 0.25) is 0 Å². The van der Waals surface area contributed by atoms with Gasteiger partial charge in [-0.3, -0.25) is 19.5 Å². The Morgan fingerprint density at radius 1 is 1.10 bits per heavy atom. The molecule has 0 radical (unpaired) electrons. The number of anilines is 1. The summed E-state index contributed by atoms with van der Waals surface area (Å²) in [6, 6.07) is 7.28. The molecule has 2 aromatic rings. The molecule has 3 rings (SSSR count). The minimum absolute atomic E-state index is 0.246. The molecular formula is C16H15N3O2. The van der Waals surface area contributed by atoms with E-state index in [9.17, 15) is 9.59 Å². The van der Waals surface area contributed by atoms with Crippen LogP contribution < -0.4 is 5.32 Å². The Morgan fingerprint density at radius 3 is 2.62 bits per heavy atom. The number of carbonyl (C=O) groups is 2. The first-order valence-corrected chi connectivity index (χ1v) is 6.67. The van der Waals surface area contributed by atoms with Crippen molar-refractivity contribution < 1.29 is 9.59 Å². The molecule has 0 bridgehead atoms. The van der Waals surface area contributed by atoms with E-state index < -0.39 is 0 Å². The number of nitrogens with one attached hydrogen (secondary N) is 1. The van der Waals surface area contributed by atoms with Crippen LogP contribution in [0.2, 0.25) is 0 Å². The number of fused-ring (bicyclic) bond motifs is 1. The summed E-state index contributed by atoms with van der Waals surface area (Å²) < 4.78 is 0. The summed E-state index contributed by atoms with van der Waals surface area (Å²) in [4.78, 5) is 29.0. The van der Waals surface area contributed by atoms with Crippen molar-refractivity contribution in [2.75, 3.05) is 12.4 Å². The van der Waals surface area contributed by atoms with E-state index in [1.165, 1.54) is 7.05 Å². The lowest BCUT2D eigenvalue weighted by Gasteiger charge is -2.07. The number of imide groups is 1. The van der Waals surface area contributed by atoms with Crippen LogP contribution in [0.4, 0.5) is 5.69 Å². The molecule has 2 amide bonds. The van der Waals surface area contributed by atoms with Gasteiger partial charge in [-0.25, -0.2) is 0 Å². The smallest absolute Gasteiger partial charge is 0.261 e. The predicted molar refractivity (Wildman–Crippen MR) is 79.2 cm³/mol. The van der Waals surface area contributed by atoms with Crippen molar-refractivity contribution >= 4 is 17.5 Å². The summed E-state index contributed by atoms with van der Waals surface area (Å²) in [5.41, 5.74) is 3.90. The van der Waals surface area contributed by atoms with E-state index in [2.05, 4.69) is 16.4 Å². The summed E-state index contributed by atoms with van der Waals surface area (Å²) in [6.45, 7) is 2.61. The van der Waals surface area contributed by atoms with Gasteiger partial charge in [-0.05, 0) is 36.2 Å². The second-order valence-corrected chi connectivity index (χ2v) is 5.15. The van der Waals surface area contributed by atoms with Crippen LogP contribution in [0.25, 0.3) is 0 Å². The number of carbonyl (C=O) groups excluding carboxylic acids is 2. The minimum Gasteiger partial charge on any atom is -0.381 e. The molecule has 106 valence electrons. The van der Waals surface area contributed by atoms with Crippen LogP contribution >= 0.6 is 0 Å². The molecule has 5 nitrogen and oxygen atoms in total. The van der Waals surface area contributed by atoms with Crippen LogP contribution in [0.3, 0.4) is 0 Å². The van der Waals surface area contributed by atoms with Crippen molar-refractivity contribution in [3.05, 3.63) is 58.9 Å². The monoisotopic (exact) mass is 281 g/mol. The molecule has 1 aromatic heterocycles. The number of benzene rings is 1. The summed E-state index contributed by atoms with van der Waals surface area (Å²) >= 11 is 0. The van der Waals surface area contributed by atoms with Gasteiger partial charge in [0.1, 0.15) is 0 Å². The zero-order chi connectivity index (χ0) is 15.0. The highest BCUT2D eigenvalue weighted by molar-refractivity contribution is 6.21. The normalized spacial score (nSPS) is 13.5. The quantitative estimate of drug-likeness (QED) is 0.876. The molecule has 1 aliphatic rings. The topological polar surface area (TPSA) is 62.3 Å². The lowest BCUT2D eigenvalue weighted by molar-refractivity contribution is 0.0693. The highest BCUT2D eigenvalue weighted by Gasteiger charge is 2.32. The fraction of sp³-hybridized carbons (Fsp3) is 0.188. The molecule has 0 aliphatic carbocycles. The van der Waals surface area contributed by atoms with Crippen LogP contribution in [0, 0.1) is 6.92 Å². The van der Waals surface area contributed by atoms with E-state index in [4.69, 9.17) is 0 Å². The maximum atomic E-state index is 11.9. The third kappa shape index (κ3) is 2.38. The summed E-state index contributed by atoms with van der Waals surface area (Å²) in [7, 11) is 1.50. The molecule has 0 saturated heterocycles. The third-order valence-corrected chi connectivity index (χ3v) is 3.52. The highest BCUT2D eigenvalue weighted by Crippen LogP contribution is 2.24. The Labute approximate surface area is 122 Å². The molecule has 0 fully saturated rings. The summed E-state index contributed by atoms with van der Waals surface area (Å²) in [5, 5.41) is 3.25. The number of pyridine rings is 1. The summed E-state index contributed by atoms with van der Waals surface area (Å²) in [6.07, 6.45) is 3.61. The van der Waals surface area contributed by atoms with E-state index >= 15 is 0 Å². The largest absolute Gasteiger partial charge is 0.381 e. The molecule has 1 N–H and O–H groups in total. The first-order chi connectivity index (χ1) is 10.1. The van der Waals surface area contributed by atoms with Gasteiger partial charge in [0, 0.05) is 31.7 Å². The van der Waals surface area contributed by atoms with Crippen LogP contribution in [0.15, 0.2) is 36.7 Å². The number of nitrogens with zero attached hydrogens (tertiary/aromatic N) is 2. The van der Waals surface area contributed by atoms with Crippen LogP contribution in [-0.4, -0.2) is 28.7 Å². The molecule has 2 heterocycles. The minimum atomic E-state index is -0.254. The fourth-order valence-electron chi connectivity index (χ4n) is 2.39. The molecule has 0 unspecified atom stereocenters. The van der Waals surface area contributed by atoms with Crippen molar-refractivity contribution in [1.29, 1.82) is 0 Å². The second kappa shape index (κ2) is 5.01. The molecule has 5 heteroatoms. The maximum Gasteiger partial charge on any atom is 0.261 e. The van der Waals surface area contributed by atoms with E-state index in [1.807, 2.05) is 13.0 Å². The number of hydrogen-bond donors (Lipinski definition) is 1. The van der Waals surface area contributed by atoms with Gasteiger partial charge in [0.05, 0.1) is 11.1 Å². The van der Waals surface area contributed by atoms with Gasteiger partial charge in [0.25, 0.3) is 11.8 Å². The maximum absolute atomic E-state index is 11.9. The number of aromatic nitrogens is 1. The second-order valence-electron chi connectivity index (χ2n) is 5.15. The molecule has 1 aliphatic heterocycles. The molecule has 1 aromatic carbocycles. The van der Waals surface area contributed by atoms with E-state index in [-0.39, 0.29) is 11.8 Å². The van der Waals surface area contributed by atoms with Crippen LogP contribution in [-0.2, 0) is 6.54 Å². The van der Waals surface area contributed by atoms with Crippen molar-refractivity contribution in [3.63, 3.8) is 0 Å². The third-order valence-electron chi connectivity index (χ3n) is 3.52. The van der Waals surface area contributed by atoms with Crippen molar-refractivity contribution in [2.45, 2.75) is 13.5 Å². The SMILES string of the molecule is Cc1cncc(CNc2ccc3c(c2)C(=O)N(C)C3=O)c1. The van der Waals surface area contributed by atoms with E-state index in [0.29, 0.717) is 17.7 Å². The van der Waals surface area contributed by atoms with Crippen molar-refractivity contribution in [1.82, 2.24) is 9.88 Å². The highest BCUT2D eigenvalue weighted by atomic mass is 16.2. The van der Waals surface area contributed by atoms with Crippen LogP contribution in [0.5, 0.6) is 0 Å². The number of rotatable bonds is 3. The Kier molecular flexibility index (Phi) is 3.17. The molecule has 0 atom stereocenters. The van der Waals surface area contributed by atoms with Gasteiger partial charge >= 0.3 is 0 Å². The van der Waals surface area contributed by atoms with Gasteiger partial charge < -0.3 is 5.32 Å². The van der Waals surface area contributed by atoms with Gasteiger partial charge in [0.15, 0.2) is 0 Å². The Balaban J connectivity index is 1.80. The average molecular weight is 281 g/mol. The van der Waals surface area contributed by atoms with Crippen molar-refractivity contribution in [3.8, 4) is 0 Å². The van der Waals surface area contributed by atoms with Gasteiger partial charge in [-0.15, -0.1) is 0 Å². The van der Waals surface area contributed by atoms with Crippen LogP contribution in [0.1, 0.15) is 31.8 Å². The number of amides is 2. The fourth-order valence-corrected chi connectivity index (χ4v) is 2.39. The standard InChI is InChI=1S/C16H15N3O2/c1-10-5-11(8-17-7-10)9-18-12-3-4-13-14(6-12)16(21)19(2)15(13)20/h3-8,18H,9H2,1-2H3. The first-order valence-electron chi connectivity index (χ1n) is 6.67. The molecule has 0 saturated carbocycles. The lowest BCUT2D eigenvalue weighted by atomic mass is 10.1. The average Bonchev–Trinajstić information content (AvgIpc) is 2.70. The number of aryl methyl sites for hydroxylation is 1. The Morgan fingerprint density at radius 2 is 1.86 bits per heavy atom. The van der Waals surface area contributed by atoms with Gasteiger partial charge in [-0.1, -0.05) is 6.07 Å². The van der Waals surface area contributed by atoms with E-state index in [0.717, 1.165) is 21.7 Å².